The van der Waals surface area contributed by atoms with Crippen molar-refractivity contribution in [1.82, 2.24) is 4.90 Å². The molecule has 1 aliphatic carbocycles. The summed E-state index contributed by atoms with van der Waals surface area (Å²) in [6.07, 6.45) is 5.73. The third kappa shape index (κ3) is 5.33. The lowest BCUT2D eigenvalue weighted by Crippen LogP contribution is -2.29. The number of carbonyl (C=O) groups is 1. The molecule has 1 unspecified atom stereocenters. The van der Waals surface area contributed by atoms with E-state index in [9.17, 15) is 9.59 Å². The van der Waals surface area contributed by atoms with Gasteiger partial charge in [0.15, 0.2) is 11.5 Å². The second-order valence-electron chi connectivity index (χ2n) is 7.74. The van der Waals surface area contributed by atoms with Gasteiger partial charge in [-0.25, -0.2) is 4.79 Å². The molecule has 0 aromatic heterocycles. The van der Waals surface area contributed by atoms with Crippen molar-refractivity contribution in [1.29, 1.82) is 0 Å². The Kier molecular flexibility index (Phi) is 7.01. The van der Waals surface area contributed by atoms with Gasteiger partial charge in [-0.15, -0.1) is 0 Å². The average molecular weight is 411 g/mol. The van der Waals surface area contributed by atoms with Gasteiger partial charge in [0.05, 0.1) is 25.8 Å². The Balaban J connectivity index is 1.87. The number of hydrogen-bond acceptors (Lipinski definition) is 6. The molecule has 160 valence electrons. The van der Waals surface area contributed by atoms with Crippen LogP contribution in [0.2, 0.25) is 0 Å². The van der Waals surface area contributed by atoms with Crippen LogP contribution < -0.4 is 9.47 Å². The van der Waals surface area contributed by atoms with Crippen LogP contribution in [0, 0.1) is 5.92 Å². The minimum Gasteiger partial charge on any atom is -0.493 e. The highest BCUT2D eigenvalue weighted by molar-refractivity contribution is 5.69. The number of carbonyl (C=O) groups excluding carboxylic acids is 2. The molecule has 0 saturated heterocycles. The van der Waals surface area contributed by atoms with E-state index in [0.717, 1.165) is 17.0 Å². The molecule has 1 fully saturated rings. The summed E-state index contributed by atoms with van der Waals surface area (Å²) in [6.45, 7) is 6.71. The van der Waals surface area contributed by atoms with Gasteiger partial charge < -0.3 is 19.1 Å². The van der Waals surface area contributed by atoms with Crippen LogP contribution in [0.4, 0.5) is 0 Å². The van der Waals surface area contributed by atoms with Crippen molar-refractivity contribution < 1.29 is 23.8 Å². The monoisotopic (exact) mass is 411 g/mol. The summed E-state index contributed by atoms with van der Waals surface area (Å²) in [5.74, 6) is 3.58. The first-order valence-electron chi connectivity index (χ1n) is 10.3. The molecule has 6 nitrogen and oxygen atoms in total. The Labute approximate surface area is 177 Å². The van der Waals surface area contributed by atoms with Crippen molar-refractivity contribution in [2.75, 3.05) is 20.3 Å². The molecule has 1 heterocycles. The zero-order valence-corrected chi connectivity index (χ0v) is 18.1. The summed E-state index contributed by atoms with van der Waals surface area (Å²) < 4.78 is 17.2. The highest BCUT2D eigenvalue weighted by atomic mass is 16.5. The summed E-state index contributed by atoms with van der Waals surface area (Å²) >= 11 is 0. The molecule has 1 aromatic carbocycles. The van der Waals surface area contributed by atoms with Crippen molar-refractivity contribution in [2.45, 2.75) is 46.1 Å². The molecule has 1 aromatic rings. The Morgan fingerprint density at radius 1 is 1.20 bits per heavy atom. The standard InChI is InChI=1S/C24H29NO5/c1-5-24(27)30-23(13-25-16(2)10-19(14-26)11-17(25)3)20-8-9-21(28-4)22(12-20)29-15-18-6-7-18/h8-12,18,23H,5-7,13,15H2,1-4H3. The van der Waals surface area contributed by atoms with Gasteiger partial charge in [0.2, 0.25) is 0 Å². The molecular formula is C24H29NO5. The van der Waals surface area contributed by atoms with Crippen LogP contribution in [-0.2, 0) is 14.3 Å². The number of allylic oxidation sites excluding steroid dienone is 5. The van der Waals surface area contributed by atoms with Gasteiger partial charge in [0.1, 0.15) is 12.0 Å². The molecule has 3 rings (SSSR count). The fraction of sp³-hybridized carbons (Fsp3) is 0.458. The second-order valence-corrected chi connectivity index (χ2v) is 7.74. The van der Waals surface area contributed by atoms with Crippen LogP contribution >= 0.6 is 0 Å². The number of nitrogens with zero attached hydrogens (tertiary/aromatic N) is 1. The molecule has 0 spiro atoms. The SMILES string of the molecule is CCC(=O)OC(CN1C(C)=CC(=C=O)C=C1C)c1ccc(OC)c(OCC2CC2)c1. The molecule has 2 aliphatic rings. The number of rotatable bonds is 9. The van der Waals surface area contributed by atoms with E-state index >= 15 is 0 Å². The average Bonchev–Trinajstić information content (AvgIpc) is 3.57. The predicted octanol–water partition coefficient (Wildman–Crippen LogP) is 4.36. The van der Waals surface area contributed by atoms with Crippen LogP contribution in [0.3, 0.4) is 0 Å². The summed E-state index contributed by atoms with van der Waals surface area (Å²) in [5, 5.41) is 0. The lowest BCUT2D eigenvalue weighted by Gasteiger charge is -2.32. The minimum atomic E-state index is -0.500. The number of hydrogen-bond donors (Lipinski definition) is 0. The van der Waals surface area contributed by atoms with Gasteiger partial charge in [0.25, 0.3) is 0 Å². The van der Waals surface area contributed by atoms with Gasteiger partial charge in [-0.3, -0.25) is 4.79 Å². The third-order valence-corrected chi connectivity index (χ3v) is 5.34. The van der Waals surface area contributed by atoms with Crippen molar-refractivity contribution >= 4 is 11.9 Å². The van der Waals surface area contributed by atoms with Gasteiger partial charge in [-0.2, -0.15) is 0 Å². The quantitative estimate of drug-likeness (QED) is 0.444. The smallest absolute Gasteiger partial charge is 0.306 e. The molecular weight excluding hydrogens is 382 g/mol. The van der Waals surface area contributed by atoms with Crippen LogP contribution in [-0.4, -0.2) is 37.1 Å². The molecule has 0 amide bonds. The van der Waals surface area contributed by atoms with Crippen LogP contribution in [0.15, 0.2) is 47.3 Å². The van der Waals surface area contributed by atoms with Crippen LogP contribution in [0.1, 0.15) is 51.7 Å². The number of methoxy groups -OCH3 is 1. The van der Waals surface area contributed by atoms with E-state index in [-0.39, 0.29) is 5.97 Å². The lowest BCUT2D eigenvalue weighted by atomic mass is 10.0. The summed E-state index contributed by atoms with van der Waals surface area (Å²) in [4.78, 5) is 25.2. The van der Waals surface area contributed by atoms with Gasteiger partial charge in [-0.1, -0.05) is 13.0 Å². The van der Waals surface area contributed by atoms with E-state index < -0.39 is 6.10 Å². The van der Waals surface area contributed by atoms with Gasteiger partial charge >= 0.3 is 5.97 Å². The first-order chi connectivity index (χ1) is 14.4. The Hall–Kier alpha value is -2.98. The first-order valence-corrected chi connectivity index (χ1v) is 10.3. The molecule has 0 N–H and O–H groups in total. The maximum Gasteiger partial charge on any atom is 0.306 e. The number of ether oxygens (including phenoxy) is 3. The summed E-state index contributed by atoms with van der Waals surface area (Å²) in [7, 11) is 1.61. The van der Waals surface area contributed by atoms with Crippen LogP contribution in [0.5, 0.6) is 11.5 Å². The molecule has 1 atom stereocenters. The highest BCUT2D eigenvalue weighted by Gasteiger charge is 2.26. The molecule has 1 aliphatic heterocycles. The number of benzene rings is 1. The van der Waals surface area contributed by atoms with Gasteiger partial charge in [0, 0.05) is 17.8 Å². The van der Waals surface area contributed by atoms with E-state index in [2.05, 4.69) is 0 Å². The van der Waals surface area contributed by atoms with Gasteiger partial charge in [-0.05, 0) is 62.5 Å². The maximum atomic E-state index is 12.1. The summed E-state index contributed by atoms with van der Waals surface area (Å²) in [6, 6.07) is 5.64. The Bertz CT molecular complexity index is 884. The zero-order chi connectivity index (χ0) is 21.7. The van der Waals surface area contributed by atoms with Crippen molar-refractivity contribution in [3.05, 3.63) is 52.9 Å². The molecule has 30 heavy (non-hydrogen) atoms. The second kappa shape index (κ2) is 9.68. The normalized spacial score (nSPS) is 16.9. The molecule has 1 saturated carbocycles. The predicted molar refractivity (Wildman–Crippen MR) is 114 cm³/mol. The fourth-order valence-corrected chi connectivity index (χ4v) is 3.39. The van der Waals surface area contributed by atoms with E-state index in [1.807, 2.05) is 42.9 Å². The Morgan fingerprint density at radius 3 is 2.47 bits per heavy atom. The highest BCUT2D eigenvalue weighted by Crippen LogP contribution is 2.36. The van der Waals surface area contributed by atoms with E-state index in [0.29, 0.717) is 42.6 Å². The topological polar surface area (TPSA) is 65.1 Å². The van der Waals surface area contributed by atoms with E-state index in [4.69, 9.17) is 14.2 Å². The van der Waals surface area contributed by atoms with Crippen molar-refractivity contribution in [3.63, 3.8) is 0 Å². The maximum absolute atomic E-state index is 12.1. The van der Waals surface area contributed by atoms with Crippen molar-refractivity contribution in [2.24, 2.45) is 5.92 Å². The zero-order valence-electron chi connectivity index (χ0n) is 18.1. The first kappa shape index (κ1) is 21.7. The van der Waals surface area contributed by atoms with Crippen molar-refractivity contribution in [3.8, 4) is 11.5 Å². The fourth-order valence-electron chi connectivity index (χ4n) is 3.39. The molecule has 0 bridgehead atoms. The largest absolute Gasteiger partial charge is 0.493 e. The van der Waals surface area contributed by atoms with E-state index in [1.54, 1.807) is 26.2 Å². The minimum absolute atomic E-state index is 0.273. The number of esters is 1. The lowest BCUT2D eigenvalue weighted by molar-refractivity contribution is -0.149. The van der Waals surface area contributed by atoms with Crippen LogP contribution in [0.25, 0.3) is 0 Å². The Morgan fingerprint density at radius 2 is 1.90 bits per heavy atom. The molecule has 6 heteroatoms. The summed E-state index contributed by atoms with van der Waals surface area (Å²) in [5.41, 5.74) is 3.12. The molecule has 0 radical (unpaired) electrons. The van der Waals surface area contributed by atoms with E-state index in [1.165, 1.54) is 12.8 Å². The third-order valence-electron chi connectivity index (χ3n) is 5.34.